The molecule has 3 fully saturated rings. The third-order valence-electron chi connectivity index (χ3n) is 5.00. The zero-order valence-electron chi connectivity index (χ0n) is 12.8. The van der Waals surface area contributed by atoms with Crippen molar-refractivity contribution in [2.75, 3.05) is 39.4 Å². The van der Waals surface area contributed by atoms with E-state index in [0.29, 0.717) is 5.41 Å². The zero-order valence-corrected chi connectivity index (χ0v) is 15.1. The fraction of sp³-hybridized carbons (Fsp3) is 0.933. The highest BCUT2D eigenvalue weighted by Gasteiger charge is 2.43. The van der Waals surface area contributed by atoms with Crippen LogP contribution in [0.25, 0.3) is 0 Å². The molecule has 1 saturated carbocycles. The highest BCUT2D eigenvalue weighted by Crippen LogP contribution is 2.47. The normalized spacial score (nSPS) is 26.7. The molecule has 0 aromatic rings. The number of hydrogen-bond acceptors (Lipinski definition) is 2. The molecule has 1 aliphatic carbocycles. The summed E-state index contributed by atoms with van der Waals surface area (Å²) in [6.45, 7) is 10.4. The number of rotatable bonds is 3. The lowest BCUT2D eigenvalue weighted by atomic mass is 9.68. The number of guanidine groups is 1. The molecule has 4 nitrogen and oxygen atoms in total. The molecule has 0 aromatic carbocycles. The molecular formula is C15H28IN3O. The van der Waals surface area contributed by atoms with Crippen LogP contribution < -0.4 is 5.32 Å². The predicted molar refractivity (Wildman–Crippen MR) is 92.8 cm³/mol. The number of aliphatic imine (C=N–C) groups is 1. The maximum atomic E-state index is 5.31. The van der Waals surface area contributed by atoms with Gasteiger partial charge in [0.2, 0.25) is 0 Å². The highest BCUT2D eigenvalue weighted by molar-refractivity contribution is 14.0. The number of halogens is 1. The summed E-state index contributed by atoms with van der Waals surface area (Å²) < 4.78 is 5.31. The van der Waals surface area contributed by atoms with Gasteiger partial charge in [0.15, 0.2) is 5.96 Å². The summed E-state index contributed by atoms with van der Waals surface area (Å²) in [6.07, 6.45) is 5.64. The van der Waals surface area contributed by atoms with Crippen LogP contribution in [-0.2, 0) is 4.74 Å². The second kappa shape index (κ2) is 6.38. The van der Waals surface area contributed by atoms with Crippen molar-refractivity contribution in [2.24, 2.45) is 15.8 Å². The van der Waals surface area contributed by atoms with Crippen LogP contribution in [0.4, 0.5) is 0 Å². The molecule has 0 atom stereocenters. The van der Waals surface area contributed by atoms with Crippen molar-refractivity contribution in [1.29, 1.82) is 0 Å². The summed E-state index contributed by atoms with van der Waals surface area (Å²) in [4.78, 5) is 7.34. The van der Waals surface area contributed by atoms with Gasteiger partial charge in [0.05, 0.1) is 19.8 Å². The van der Waals surface area contributed by atoms with Crippen molar-refractivity contribution in [1.82, 2.24) is 10.2 Å². The van der Waals surface area contributed by atoms with Gasteiger partial charge in [-0.1, -0.05) is 13.3 Å². The minimum Gasteiger partial charge on any atom is -0.380 e. The van der Waals surface area contributed by atoms with Crippen molar-refractivity contribution in [3.63, 3.8) is 0 Å². The fourth-order valence-electron chi connectivity index (χ4n) is 3.43. The molecule has 0 radical (unpaired) electrons. The first-order chi connectivity index (χ1) is 9.15. The van der Waals surface area contributed by atoms with Crippen LogP contribution in [0.15, 0.2) is 4.99 Å². The summed E-state index contributed by atoms with van der Waals surface area (Å²) in [6, 6.07) is 0. The molecule has 0 bridgehead atoms. The third-order valence-corrected chi connectivity index (χ3v) is 5.00. The van der Waals surface area contributed by atoms with E-state index < -0.39 is 0 Å². The molecule has 20 heavy (non-hydrogen) atoms. The molecule has 116 valence electrons. The Morgan fingerprint density at radius 2 is 2.05 bits per heavy atom. The zero-order chi connectivity index (χ0) is 13.3. The third kappa shape index (κ3) is 3.24. The van der Waals surface area contributed by atoms with Gasteiger partial charge in [-0.25, -0.2) is 0 Å². The first kappa shape index (κ1) is 16.3. The lowest BCUT2D eigenvalue weighted by molar-refractivity contribution is -0.0946. The van der Waals surface area contributed by atoms with Gasteiger partial charge in [-0.05, 0) is 31.6 Å². The minimum atomic E-state index is 0. The number of hydrogen-bond donors (Lipinski definition) is 1. The summed E-state index contributed by atoms with van der Waals surface area (Å²) in [5.74, 6) is 1.12. The molecule has 3 aliphatic rings. The lowest BCUT2D eigenvalue weighted by Crippen LogP contribution is -2.46. The van der Waals surface area contributed by atoms with Crippen molar-refractivity contribution < 1.29 is 4.74 Å². The molecule has 3 rings (SSSR count). The van der Waals surface area contributed by atoms with Gasteiger partial charge in [0.25, 0.3) is 0 Å². The van der Waals surface area contributed by atoms with Gasteiger partial charge < -0.3 is 15.0 Å². The molecule has 0 aromatic heterocycles. The van der Waals surface area contributed by atoms with Gasteiger partial charge >= 0.3 is 0 Å². The van der Waals surface area contributed by atoms with Crippen molar-refractivity contribution in [2.45, 2.75) is 39.5 Å². The minimum absolute atomic E-state index is 0. The fourth-order valence-corrected chi connectivity index (χ4v) is 3.43. The van der Waals surface area contributed by atoms with E-state index in [2.05, 4.69) is 24.1 Å². The Labute approximate surface area is 139 Å². The molecular weight excluding hydrogens is 365 g/mol. The topological polar surface area (TPSA) is 36.9 Å². The van der Waals surface area contributed by atoms with Gasteiger partial charge in [-0.3, -0.25) is 4.99 Å². The van der Waals surface area contributed by atoms with Crippen LogP contribution in [0.3, 0.4) is 0 Å². The Bertz CT molecular complexity index is 364. The quantitative estimate of drug-likeness (QED) is 0.455. The molecule has 2 aliphatic heterocycles. The van der Waals surface area contributed by atoms with Gasteiger partial charge in [-0.2, -0.15) is 0 Å². The van der Waals surface area contributed by atoms with E-state index in [-0.39, 0.29) is 29.4 Å². The maximum absolute atomic E-state index is 5.31. The number of nitrogens with one attached hydrogen (secondary N) is 1. The van der Waals surface area contributed by atoms with Crippen LogP contribution in [-0.4, -0.2) is 50.3 Å². The SMILES string of the molecule is CCNC(=NCC1(C)COC1)N1CCC2(CCC2)C1.I. The first-order valence-electron chi connectivity index (χ1n) is 7.76. The number of ether oxygens (including phenoxy) is 1. The monoisotopic (exact) mass is 393 g/mol. The maximum Gasteiger partial charge on any atom is 0.193 e. The molecule has 2 saturated heterocycles. The van der Waals surface area contributed by atoms with Crippen LogP contribution >= 0.6 is 24.0 Å². The second-order valence-corrected chi connectivity index (χ2v) is 7.00. The van der Waals surface area contributed by atoms with Crippen LogP contribution in [0.1, 0.15) is 39.5 Å². The molecule has 1 spiro atoms. The Morgan fingerprint density at radius 3 is 2.50 bits per heavy atom. The van der Waals surface area contributed by atoms with Gasteiger partial charge in [0.1, 0.15) is 0 Å². The lowest BCUT2D eigenvalue weighted by Gasteiger charge is -2.39. The molecule has 2 heterocycles. The molecule has 1 N–H and O–H groups in total. The Balaban J connectivity index is 0.00000147. The Hall–Kier alpha value is -0.0400. The summed E-state index contributed by atoms with van der Waals surface area (Å²) in [7, 11) is 0. The van der Waals surface area contributed by atoms with Crippen LogP contribution in [0, 0.1) is 10.8 Å². The van der Waals surface area contributed by atoms with Crippen LogP contribution in [0.2, 0.25) is 0 Å². The van der Waals surface area contributed by atoms with E-state index in [9.17, 15) is 0 Å². The summed E-state index contributed by atoms with van der Waals surface area (Å²) in [5.41, 5.74) is 0.911. The van der Waals surface area contributed by atoms with E-state index in [1.165, 1.54) is 38.8 Å². The largest absolute Gasteiger partial charge is 0.380 e. The second-order valence-electron chi connectivity index (χ2n) is 7.00. The van der Waals surface area contributed by atoms with E-state index in [1.54, 1.807) is 0 Å². The van der Waals surface area contributed by atoms with E-state index in [1.807, 2.05) is 0 Å². The van der Waals surface area contributed by atoms with Crippen molar-refractivity contribution >= 4 is 29.9 Å². The highest BCUT2D eigenvalue weighted by atomic mass is 127. The summed E-state index contributed by atoms with van der Waals surface area (Å²) >= 11 is 0. The molecule has 0 amide bonds. The summed E-state index contributed by atoms with van der Waals surface area (Å²) in [5, 5.41) is 3.47. The van der Waals surface area contributed by atoms with Gasteiger partial charge in [0, 0.05) is 25.0 Å². The Kier molecular flexibility index (Phi) is 5.21. The van der Waals surface area contributed by atoms with E-state index in [4.69, 9.17) is 9.73 Å². The average Bonchev–Trinajstić information content (AvgIpc) is 2.77. The molecule has 0 unspecified atom stereocenters. The van der Waals surface area contributed by atoms with Crippen molar-refractivity contribution in [3.05, 3.63) is 0 Å². The first-order valence-corrected chi connectivity index (χ1v) is 7.76. The smallest absolute Gasteiger partial charge is 0.193 e. The van der Waals surface area contributed by atoms with Gasteiger partial charge in [-0.15, -0.1) is 24.0 Å². The predicted octanol–water partition coefficient (Wildman–Crippen LogP) is 2.48. The average molecular weight is 393 g/mol. The Morgan fingerprint density at radius 1 is 1.30 bits per heavy atom. The van der Waals surface area contributed by atoms with Crippen molar-refractivity contribution in [3.8, 4) is 0 Å². The standard InChI is InChI=1S/C15H27N3O.HI/c1-3-16-13(17-9-14(2)11-19-12-14)18-8-7-15(10-18)5-4-6-15;/h3-12H2,1-2H3,(H,16,17);1H. The number of nitrogens with zero attached hydrogens (tertiary/aromatic N) is 2. The molecule has 5 heteroatoms. The van der Waals surface area contributed by atoms with E-state index >= 15 is 0 Å². The van der Waals surface area contributed by atoms with Crippen LogP contribution in [0.5, 0.6) is 0 Å². The number of likely N-dealkylation sites (tertiary alicyclic amines) is 1. The van der Waals surface area contributed by atoms with E-state index in [0.717, 1.165) is 32.3 Å².